The van der Waals surface area contributed by atoms with Crippen LogP contribution in [0.15, 0.2) is 12.2 Å². The lowest BCUT2D eigenvalue weighted by Crippen LogP contribution is -2.25. The third-order valence-corrected chi connectivity index (χ3v) is 3.62. The number of unbranched alkanes of at least 4 members (excludes halogenated alkanes) is 8. The normalized spacial score (nSPS) is 12.0. The van der Waals surface area contributed by atoms with E-state index in [1.807, 2.05) is 0 Å². The van der Waals surface area contributed by atoms with Gasteiger partial charge in [0.05, 0.1) is 0 Å². The summed E-state index contributed by atoms with van der Waals surface area (Å²) >= 11 is 0. The van der Waals surface area contributed by atoms with Gasteiger partial charge in [-0.2, -0.15) is 0 Å². The highest BCUT2D eigenvalue weighted by Gasteiger charge is 2.18. The van der Waals surface area contributed by atoms with E-state index in [9.17, 15) is 9.59 Å². The molecule has 0 bridgehead atoms. The molecular weight excluding hydrogens is 264 g/mol. The summed E-state index contributed by atoms with van der Waals surface area (Å²) in [4.78, 5) is 22.9. The van der Waals surface area contributed by atoms with Gasteiger partial charge in [0.1, 0.15) is 0 Å². The SMILES string of the molecule is C=C(C)C(=O)OC(CCCCCCCCCCC)C(C)=O. The van der Waals surface area contributed by atoms with Crippen LogP contribution in [0, 0.1) is 0 Å². The minimum Gasteiger partial charge on any atom is -0.451 e. The van der Waals surface area contributed by atoms with Crippen molar-refractivity contribution in [2.75, 3.05) is 0 Å². The van der Waals surface area contributed by atoms with Gasteiger partial charge >= 0.3 is 5.97 Å². The number of esters is 1. The average molecular weight is 296 g/mol. The molecule has 0 aliphatic carbocycles. The van der Waals surface area contributed by atoms with Gasteiger partial charge in [0.25, 0.3) is 0 Å². The molecule has 0 saturated carbocycles. The van der Waals surface area contributed by atoms with E-state index in [0.29, 0.717) is 12.0 Å². The molecule has 0 heterocycles. The molecule has 0 aromatic carbocycles. The molecule has 1 atom stereocenters. The van der Waals surface area contributed by atoms with Crippen molar-refractivity contribution in [1.29, 1.82) is 0 Å². The van der Waals surface area contributed by atoms with Gasteiger partial charge in [-0.05, 0) is 26.7 Å². The first-order valence-electron chi connectivity index (χ1n) is 8.36. The lowest BCUT2D eigenvalue weighted by molar-refractivity contribution is -0.151. The summed E-state index contributed by atoms with van der Waals surface area (Å²) in [5, 5.41) is 0. The van der Waals surface area contributed by atoms with Crippen LogP contribution in [0.2, 0.25) is 0 Å². The van der Waals surface area contributed by atoms with Crippen LogP contribution in [-0.4, -0.2) is 17.9 Å². The van der Waals surface area contributed by atoms with Crippen molar-refractivity contribution in [2.45, 2.75) is 91.1 Å². The van der Waals surface area contributed by atoms with Crippen LogP contribution in [0.1, 0.15) is 85.0 Å². The van der Waals surface area contributed by atoms with Crippen molar-refractivity contribution >= 4 is 11.8 Å². The van der Waals surface area contributed by atoms with E-state index >= 15 is 0 Å². The fraction of sp³-hybridized carbons (Fsp3) is 0.778. The monoisotopic (exact) mass is 296 g/mol. The molecule has 0 aromatic heterocycles. The number of hydrogen-bond acceptors (Lipinski definition) is 3. The van der Waals surface area contributed by atoms with Gasteiger partial charge in [-0.25, -0.2) is 4.79 Å². The Balaban J connectivity index is 3.68. The molecule has 0 N–H and O–H groups in total. The average Bonchev–Trinajstić information content (AvgIpc) is 2.43. The lowest BCUT2D eigenvalue weighted by atomic mass is 10.0. The summed E-state index contributed by atoms with van der Waals surface area (Å²) in [6.07, 6.45) is 11.1. The van der Waals surface area contributed by atoms with E-state index in [1.54, 1.807) is 6.92 Å². The second kappa shape index (κ2) is 12.6. The number of Topliss-reactive ketones (excluding diaryl/α,β-unsaturated/α-hetero) is 1. The molecule has 0 aliphatic rings. The van der Waals surface area contributed by atoms with Crippen LogP contribution in [0.25, 0.3) is 0 Å². The number of ether oxygens (including phenoxy) is 1. The Labute approximate surface area is 130 Å². The van der Waals surface area contributed by atoms with Gasteiger partial charge in [-0.3, -0.25) is 4.79 Å². The van der Waals surface area contributed by atoms with E-state index in [-0.39, 0.29) is 5.78 Å². The van der Waals surface area contributed by atoms with Gasteiger partial charge in [0.2, 0.25) is 0 Å². The van der Waals surface area contributed by atoms with E-state index in [2.05, 4.69) is 13.5 Å². The van der Waals surface area contributed by atoms with Gasteiger partial charge in [-0.15, -0.1) is 0 Å². The summed E-state index contributed by atoms with van der Waals surface area (Å²) in [7, 11) is 0. The summed E-state index contributed by atoms with van der Waals surface area (Å²) in [5.74, 6) is -0.546. The highest BCUT2D eigenvalue weighted by Crippen LogP contribution is 2.13. The van der Waals surface area contributed by atoms with E-state index < -0.39 is 12.1 Å². The Kier molecular flexibility index (Phi) is 11.9. The molecule has 122 valence electrons. The first-order valence-corrected chi connectivity index (χ1v) is 8.36. The standard InChI is InChI=1S/C18H32O3/c1-5-6-7-8-9-10-11-12-13-14-17(16(4)19)21-18(20)15(2)3/h17H,2,5-14H2,1,3-4H3. The molecule has 21 heavy (non-hydrogen) atoms. The Morgan fingerprint density at radius 1 is 0.905 bits per heavy atom. The number of hydrogen-bond donors (Lipinski definition) is 0. The van der Waals surface area contributed by atoms with Crippen molar-refractivity contribution in [2.24, 2.45) is 0 Å². The van der Waals surface area contributed by atoms with Crippen LogP contribution in [0.4, 0.5) is 0 Å². The third-order valence-electron chi connectivity index (χ3n) is 3.62. The zero-order chi connectivity index (χ0) is 16.1. The van der Waals surface area contributed by atoms with E-state index in [1.165, 1.54) is 51.9 Å². The molecule has 0 aliphatic heterocycles. The molecular formula is C18H32O3. The topological polar surface area (TPSA) is 43.4 Å². The molecule has 0 rings (SSSR count). The second-order valence-corrected chi connectivity index (χ2v) is 5.90. The maximum atomic E-state index is 11.5. The summed E-state index contributed by atoms with van der Waals surface area (Å²) < 4.78 is 5.16. The molecule has 0 saturated heterocycles. The highest BCUT2D eigenvalue weighted by atomic mass is 16.5. The van der Waals surface area contributed by atoms with Crippen LogP contribution < -0.4 is 0 Å². The van der Waals surface area contributed by atoms with Gasteiger partial charge in [0, 0.05) is 5.57 Å². The number of ketones is 1. The number of rotatable bonds is 13. The number of carbonyl (C=O) groups is 2. The van der Waals surface area contributed by atoms with E-state index in [0.717, 1.165) is 12.8 Å². The molecule has 0 aromatic rings. The Hall–Kier alpha value is -1.12. The summed E-state index contributed by atoms with van der Waals surface area (Å²) in [5.41, 5.74) is 0.341. The third kappa shape index (κ3) is 11.2. The van der Waals surface area contributed by atoms with Gasteiger partial charge < -0.3 is 4.74 Å². The smallest absolute Gasteiger partial charge is 0.333 e. The van der Waals surface area contributed by atoms with Crippen LogP contribution in [0.3, 0.4) is 0 Å². The quantitative estimate of drug-likeness (QED) is 0.273. The fourth-order valence-electron chi connectivity index (χ4n) is 2.22. The zero-order valence-electron chi connectivity index (χ0n) is 14.1. The van der Waals surface area contributed by atoms with Crippen LogP contribution >= 0.6 is 0 Å². The van der Waals surface area contributed by atoms with Crippen molar-refractivity contribution in [3.05, 3.63) is 12.2 Å². The number of carbonyl (C=O) groups excluding carboxylic acids is 2. The maximum Gasteiger partial charge on any atom is 0.333 e. The first-order chi connectivity index (χ1) is 9.99. The summed E-state index contributed by atoms with van der Waals surface area (Å²) in [6, 6.07) is 0. The van der Waals surface area contributed by atoms with Crippen molar-refractivity contribution in [1.82, 2.24) is 0 Å². The second-order valence-electron chi connectivity index (χ2n) is 5.90. The van der Waals surface area contributed by atoms with Crippen LogP contribution in [-0.2, 0) is 14.3 Å². The highest BCUT2D eigenvalue weighted by molar-refractivity contribution is 5.90. The molecule has 0 spiro atoms. The maximum absolute atomic E-state index is 11.5. The Morgan fingerprint density at radius 2 is 1.38 bits per heavy atom. The first kappa shape index (κ1) is 19.9. The predicted octanol–water partition coefficient (Wildman–Crippen LogP) is 4.98. The predicted molar refractivity (Wildman–Crippen MR) is 87.2 cm³/mol. The largest absolute Gasteiger partial charge is 0.451 e. The van der Waals surface area contributed by atoms with Crippen LogP contribution in [0.5, 0.6) is 0 Å². The molecule has 0 fully saturated rings. The molecule has 3 heteroatoms. The Bertz CT molecular complexity index is 320. The lowest BCUT2D eigenvalue weighted by Gasteiger charge is -2.15. The molecule has 0 radical (unpaired) electrons. The minimum atomic E-state index is -0.598. The van der Waals surface area contributed by atoms with E-state index in [4.69, 9.17) is 4.74 Å². The molecule has 3 nitrogen and oxygen atoms in total. The van der Waals surface area contributed by atoms with Gasteiger partial charge in [-0.1, -0.05) is 64.9 Å². The van der Waals surface area contributed by atoms with Crippen molar-refractivity contribution < 1.29 is 14.3 Å². The fourth-order valence-corrected chi connectivity index (χ4v) is 2.22. The minimum absolute atomic E-state index is 0.0795. The van der Waals surface area contributed by atoms with Gasteiger partial charge in [0.15, 0.2) is 11.9 Å². The Morgan fingerprint density at radius 3 is 1.81 bits per heavy atom. The zero-order valence-corrected chi connectivity index (χ0v) is 14.1. The van der Waals surface area contributed by atoms with Crippen molar-refractivity contribution in [3.8, 4) is 0 Å². The molecule has 0 amide bonds. The molecule has 1 unspecified atom stereocenters. The summed E-state index contributed by atoms with van der Waals surface area (Å²) in [6.45, 7) is 8.83. The van der Waals surface area contributed by atoms with Crippen molar-refractivity contribution in [3.63, 3.8) is 0 Å².